The summed E-state index contributed by atoms with van der Waals surface area (Å²) in [6.07, 6.45) is 1.45. The number of carbonyl (C=O) groups is 1. The van der Waals surface area contributed by atoms with Gasteiger partial charge in [-0.3, -0.25) is 4.79 Å². The SMILES string of the molecule is CC(C)(CO)CNC(=O)c1ccco1. The minimum Gasteiger partial charge on any atom is -0.459 e. The van der Waals surface area contributed by atoms with Gasteiger partial charge in [-0.1, -0.05) is 13.8 Å². The van der Waals surface area contributed by atoms with E-state index in [0.29, 0.717) is 12.3 Å². The molecule has 0 radical (unpaired) electrons. The fourth-order valence-electron chi connectivity index (χ4n) is 0.870. The van der Waals surface area contributed by atoms with Gasteiger partial charge in [0.25, 0.3) is 5.91 Å². The maximum absolute atomic E-state index is 11.4. The van der Waals surface area contributed by atoms with Crippen LogP contribution in [0.2, 0.25) is 0 Å². The molecule has 4 nitrogen and oxygen atoms in total. The summed E-state index contributed by atoms with van der Waals surface area (Å²) in [6.45, 7) is 4.19. The fourth-order valence-corrected chi connectivity index (χ4v) is 0.870. The second-order valence-corrected chi connectivity index (χ2v) is 3.98. The summed E-state index contributed by atoms with van der Waals surface area (Å²) in [5, 5.41) is 11.6. The maximum atomic E-state index is 11.4. The standard InChI is InChI=1S/C10H15NO3/c1-10(2,7-12)6-11-9(13)8-4-3-5-14-8/h3-5,12H,6-7H2,1-2H3,(H,11,13). The Bertz CT molecular complexity index is 290. The molecule has 78 valence electrons. The van der Waals surface area contributed by atoms with Gasteiger partial charge in [0.2, 0.25) is 0 Å². The van der Waals surface area contributed by atoms with Gasteiger partial charge in [0, 0.05) is 18.6 Å². The summed E-state index contributed by atoms with van der Waals surface area (Å²) < 4.78 is 4.92. The Hall–Kier alpha value is -1.29. The first kappa shape index (κ1) is 10.8. The molecule has 14 heavy (non-hydrogen) atoms. The molecule has 4 heteroatoms. The summed E-state index contributed by atoms with van der Waals surface area (Å²) in [5.74, 6) is 0.0373. The topological polar surface area (TPSA) is 62.5 Å². The summed E-state index contributed by atoms with van der Waals surface area (Å²) in [7, 11) is 0. The second-order valence-electron chi connectivity index (χ2n) is 3.98. The first-order chi connectivity index (χ1) is 6.55. The lowest BCUT2D eigenvalue weighted by molar-refractivity contribution is 0.0884. The van der Waals surface area contributed by atoms with E-state index in [2.05, 4.69) is 5.32 Å². The van der Waals surface area contributed by atoms with Crippen molar-refractivity contribution in [3.8, 4) is 0 Å². The van der Waals surface area contributed by atoms with E-state index in [1.807, 2.05) is 13.8 Å². The summed E-state index contributed by atoms with van der Waals surface area (Å²) in [5.41, 5.74) is -0.303. The number of aliphatic hydroxyl groups is 1. The highest BCUT2D eigenvalue weighted by molar-refractivity contribution is 5.91. The van der Waals surface area contributed by atoms with Gasteiger partial charge in [-0.05, 0) is 12.1 Å². The molecule has 0 saturated heterocycles. The molecular weight excluding hydrogens is 182 g/mol. The van der Waals surface area contributed by atoms with Crippen molar-refractivity contribution in [2.24, 2.45) is 5.41 Å². The van der Waals surface area contributed by atoms with Crippen molar-refractivity contribution in [3.63, 3.8) is 0 Å². The second kappa shape index (κ2) is 4.28. The first-order valence-electron chi connectivity index (χ1n) is 4.48. The maximum Gasteiger partial charge on any atom is 0.286 e. The zero-order valence-electron chi connectivity index (χ0n) is 8.41. The average Bonchev–Trinajstić information content (AvgIpc) is 2.67. The highest BCUT2D eigenvalue weighted by Gasteiger charge is 2.18. The average molecular weight is 197 g/mol. The molecule has 0 atom stereocenters. The minimum atomic E-state index is -0.303. The minimum absolute atomic E-state index is 0.0332. The molecule has 0 spiro atoms. The van der Waals surface area contributed by atoms with E-state index in [1.54, 1.807) is 12.1 Å². The van der Waals surface area contributed by atoms with Gasteiger partial charge in [0.1, 0.15) is 0 Å². The molecule has 0 unspecified atom stereocenters. The predicted molar refractivity (Wildman–Crippen MR) is 51.9 cm³/mol. The van der Waals surface area contributed by atoms with E-state index < -0.39 is 0 Å². The van der Waals surface area contributed by atoms with Gasteiger partial charge in [-0.15, -0.1) is 0 Å². The Morgan fingerprint density at radius 1 is 1.64 bits per heavy atom. The molecule has 1 rings (SSSR count). The zero-order chi connectivity index (χ0) is 10.6. The smallest absolute Gasteiger partial charge is 0.286 e. The van der Waals surface area contributed by atoms with Crippen LogP contribution in [-0.4, -0.2) is 24.2 Å². The lowest BCUT2D eigenvalue weighted by atomic mass is 9.95. The number of aliphatic hydroxyl groups excluding tert-OH is 1. The Morgan fingerprint density at radius 3 is 2.86 bits per heavy atom. The van der Waals surface area contributed by atoms with Crippen LogP contribution in [0.5, 0.6) is 0 Å². The predicted octanol–water partition coefficient (Wildman–Crippen LogP) is 1.03. The van der Waals surface area contributed by atoms with Crippen molar-refractivity contribution in [1.82, 2.24) is 5.32 Å². The molecule has 0 saturated carbocycles. The number of hydrogen-bond donors (Lipinski definition) is 2. The molecular formula is C10H15NO3. The molecule has 0 aliphatic rings. The van der Waals surface area contributed by atoms with Gasteiger partial charge >= 0.3 is 0 Å². The third kappa shape index (κ3) is 2.88. The van der Waals surface area contributed by atoms with Crippen LogP contribution in [0.4, 0.5) is 0 Å². The molecule has 0 aromatic carbocycles. The molecule has 0 fully saturated rings. The number of amides is 1. The van der Waals surface area contributed by atoms with Crippen LogP contribution in [0.25, 0.3) is 0 Å². The highest BCUT2D eigenvalue weighted by Crippen LogP contribution is 2.11. The third-order valence-corrected chi connectivity index (χ3v) is 1.90. The zero-order valence-corrected chi connectivity index (χ0v) is 8.41. The van der Waals surface area contributed by atoms with Gasteiger partial charge in [-0.25, -0.2) is 0 Å². The lowest BCUT2D eigenvalue weighted by Crippen LogP contribution is -2.35. The van der Waals surface area contributed by atoms with E-state index in [4.69, 9.17) is 9.52 Å². The van der Waals surface area contributed by atoms with Crippen LogP contribution >= 0.6 is 0 Å². The van der Waals surface area contributed by atoms with Gasteiger partial charge in [-0.2, -0.15) is 0 Å². The Kier molecular flexibility index (Phi) is 3.30. The Balaban J connectivity index is 2.43. The molecule has 0 aliphatic carbocycles. The van der Waals surface area contributed by atoms with Crippen molar-refractivity contribution in [1.29, 1.82) is 0 Å². The number of furan rings is 1. The van der Waals surface area contributed by atoms with Crippen molar-refractivity contribution >= 4 is 5.91 Å². The van der Waals surface area contributed by atoms with E-state index in [0.717, 1.165) is 0 Å². The molecule has 1 amide bonds. The van der Waals surface area contributed by atoms with Crippen LogP contribution in [-0.2, 0) is 0 Å². The molecule has 1 aromatic rings. The molecule has 0 bridgehead atoms. The van der Waals surface area contributed by atoms with Crippen LogP contribution in [0.15, 0.2) is 22.8 Å². The van der Waals surface area contributed by atoms with E-state index in [9.17, 15) is 4.79 Å². The van der Waals surface area contributed by atoms with Crippen molar-refractivity contribution in [2.45, 2.75) is 13.8 Å². The van der Waals surface area contributed by atoms with Crippen molar-refractivity contribution in [3.05, 3.63) is 24.2 Å². The Morgan fingerprint density at radius 2 is 2.36 bits per heavy atom. The summed E-state index contributed by atoms with van der Waals surface area (Å²) >= 11 is 0. The number of rotatable bonds is 4. The van der Waals surface area contributed by atoms with E-state index in [1.165, 1.54) is 6.26 Å². The molecule has 1 heterocycles. The van der Waals surface area contributed by atoms with Crippen molar-refractivity contribution in [2.75, 3.05) is 13.2 Å². The van der Waals surface area contributed by atoms with Crippen LogP contribution < -0.4 is 5.32 Å². The lowest BCUT2D eigenvalue weighted by Gasteiger charge is -2.21. The Labute approximate surface area is 82.9 Å². The van der Waals surface area contributed by atoms with E-state index >= 15 is 0 Å². The highest BCUT2D eigenvalue weighted by atomic mass is 16.3. The molecule has 1 aromatic heterocycles. The monoisotopic (exact) mass is 197 g/mol. The summed E-state index contributed by atoms with van der Waals surface area (Å²) in [4.78, 5) is 11.4. The van der Waals surface area contributed by atoms with Gasteiger partial charge < -0.3 is 14.8 Å². The number of carbonyl (C=O) groups excluding carboxylic acids is 1. The number of hydrogen-bond acceptors (Lipinski definition) is 3. The quantitative estimate of drug-likeness (QED) is 0.757. The molecule has 0 aliphatic heterocycles. The van der Waals surface area contributed by atoms with E-state index in [-0.39, 0.29) is 17.9 Å². The first-order valence-corrected chi connectivity index (χ1v) is 4.48. The molecule has 2 N–H and O–H groups in total. The largest absolute Gasteiger partial charge is 0.459 e. The van der Waals surface area contributed by atoms with Crippen molar-refractivity contribution < 1.29 is 14.3 Å². The van der Waals surface area contributed by atoms with Gasteiger partial charge in [0.15, 0.2) is 5.76 Å². The third-order valence-electron chi connectivity index (χ3n) is 1.90. The van der Waals surface area contributed by atoms with Crippen LogP contribution in [0.3, 0.4) is 0 Å². The van der Waals surface area contributed by atoms with Gasteiger partial charge in [0.05, 0.1) is 6.26 Å². The number of nitrogens with one attached hydrogen (secondary N) is 1. The fraction of sp³-hybridized carbons (Fsp3) is 0.500. The van der Waals surface area contributed by atoms with Crippen LogP contribution in [0, 0.1) is 5.41 Å². The normalized spacial score (nSPS) is 11.4. The van der Waals surface area contributed by atoms with Crippen LogP contribution in [0.1, 0.15) is 24.4 Å². The summed E-state index contributed by atoms with van der Waals surface area (Å²) in [6, 6.07) is 3.26.